The van der Waals surface area contributed by atoms with Gasteiger partial charge in [-0.2, -0.15) is 5.26 Å². The van der Waals surface area contributed by atoms with Gasteiger partial charge in [-0.3, -0.25) is 0 Å². The largest absolute Gasteiger partial charge is 0.341 e. The summed E-state index contributed by atoms with van der Waals surface area (Å²) in [5, 5.41) is 9.44. The molecule has 1 fully saturated rings. The van der Waals surface area contributed by atoms with Crippen LogP contribution in [0.4, 0.5) is 5.95 Å². The molecule has 1 aromatic carbocycles. The highest BCUT2D eigenvalue weighted by atomic mass is 79.9. The number of aryl methyl sites for hydroxylation is 1. The number of nitrogens with zero attached hydrogens (tertiary/aromatic N) is 4. The first-order chi connectivity index (χ1) is 10.1. The molecule has 3 rings (SSSR count). The van der Waals surface area contributed by atoms with Crippen molar-refractivity contribution in [1.82, 2.24) is 9.55 Å². The van der Waals surface area contributed by atoms with E-state index in [1.165, 1.54) is 0 Å². The van der Waals surface area contributed by atoms with E-state index in [1.54, 1.807) is 0 Å². The minimum absolute atomic E-state index is 0. The highest BCUT2D eigenvalue weighted by Gasteiger charge is 2.25. The molecule has 0 saturated carbocycles. The van der Waals surface area contributed by atoms with Crippen LogP contribution in [0.2, 0.25) is 0 Å². The maximum Gasteiger partial charge on any atom is 0.206 e. The zero-order valence-electron chi connectivity index (χ0n) is 12.0. The lowest BCUT2D eigenvalue weighted by Crippen LogP contribution is -2.28. The summed E-state index contributed by atoms with van der Waals surface area (Å²) < 4.78 is 3.76. The fourth-order valence-electron chi connectivity index (χ4n) is 2.81. The summed E-state index contributed by atoms with van der Waals surface area (Å²) in [4.78, 5) is 6.94. The van der Waals surface area contributed by atoms with Gasteiger partial charge in [0.1, 0.15) is 11.6 Å². The first kappa shape index (κ1) is 17.5. The third kappa shape index (κ3) is 2.73. The molecule has 118 valence electrons. The third-order valence-electron chi connectivity index (χ3n) is 3.85. The van der Waals surface area contributed by atoms with Crippen molar-refractivity contribution in [2.75, 3.05) is 18.0 Å². The van der Waals surface area contributed by atoms with Crippen molar-refractivity contribution < 1.29 is 0 Å². The number of imidazole rings is 1. The number of benzene rings is 1. The van der Waals surface area contributed by atoms with Gasteiger partial charge in [0.15, 0.2) is 0 Å². The lowest BCUT2D eigenvalue weighted by molar-refractivity contribution is 0.731. The van der Waals surface area contributed by atoms with Crippen LogP contribution in [0.15, 0.2) is 15.0 Å². The van der Waals surface area contributed by atoms with Gasteiger partial charge in [-0.15, -0.1) is 12.4 Å². The van der Waals surface area contributed by atoms with Gasteiger partial charge in [-0.05, 0) is 51.3 Å². The Labute approximate surface area is 152 Å². The monoisotopic (exact) mass is 447 g/mol. The second-order valence-corrected chi connectivity index (χ2v) is 6.83. The predicted molar refractivity (Wildman–Crippen MR) is 97.6 cm³/mol. The van der Waals surface area contributed by atoms with Crippen LogP contribution in [0.3, 0.4) is 0 Å². The molecular formula is C14H16Br2ClN5. The molecule has 2 heterocycles. The third-order valence-corrected chi connectivity index (χ3v) is 5.83. The Morgan fingerprint density at radius 3 is 2.77 bits per heavy atom. The summed E-state index contributed by atoms with van der Waals surface area (Å²) in [7, 11) is 0. The van der Waals surface area contributed by atoms with Crippen LogP contribution in [0, 0.1) is 11.3 Å². The van der Waals surface area contributed by atoms with Crippen LogP contribution in [0.5, 0.6) is 0 Å². The normalized spacial score (nSPS) is 17.6. The fraction of sp³-hybridized carbons (Fsp3) is 0.429. The van der Waals surface area contributed by atoms with Crippen LogP contribution >= 0.6 is 44.3 Å². The molecule has 1 aliphatic rings. The van der Waals surface area contributed by atoms with Crippen LogP contribution in [-0.4, -0.2) is 28.7 Å². The molecule has 5 nitrogen and oxygen atoms in total. The molecule has 0 radical (unpaired) electrons. The molecule has 1 aromatic heterocycles. The Hall–Kier alpha value is -0.810. The van der Waals surface area contributed by atoms with E-state index in [2.05, 4.69) is 54.3 Å². The number of aromatic nitrogens is 2. The number of nitriles is 1. The maximum atomic E-state index is 9.44. The quantitative estimate of drug-likeness (QED) is 0.763. The van der Waals surface area contributed by atoms with Gasteiger partial charge < -0.3 is 15.2 Å². The zero-order chi connectivity index (χ0) is 15.1. The number of fused-ring (bicyclic) bond motifs is 1. The molecule has 1 aliphatic heterocycles. The van der Waals surface area contributed by atoms with Gasteiger partial charge in [-0.1, -0.05) is 0 Å². The molecule has 0 aliphatic carbocycles. The van der Waals surface area contributed by atoms with Crippen molar-refractivity contribution in [3.63, 3.8) is 0 Å². The van der Waals surface area contributed by atoms with Crippen LogP contribution in [-0.2, 0) is 6.54 Å². The molecule has 22 heavy (non-hydrogen) atoms. The summed E-state index contributed by atoms with van der Waals surface area (Å²) in [6.07, 6.45) is 0.978. The first-order valence-electron chi connectivity index (χ1n) is 6.85. The van der Waals surface area contributed by atoms with Gasteiger partial charge in [-0.25, -0.2) is 4.98 Å². The Kier molecular flexibility index (Phi) is 5.38. The van der Waals surface area contributed by atoms with E-state index in [-0.39, 0.29) is 18.4 Å². The summed E-state index contributed by atoms with van der Waals surface area (Å²) in [5.41, 5.74) is 8.29. The SMILES string of the molecule is CCn1c(N2CC[C@@H](N)C2)nc2c(C#N)c(Br)c(Br)cc21.Cl. The van der Waals surface area contributed by atoms with E-state index in [4.69, 9.17) is 10.7 Å². The Balaban J connectivity index is 0.00000176. The van der Waals surface area contributed by atoms with E-state index in [0.717, 1.165) is 52.0 Å². The van der Waals surface area contributed by atoms with E-state index in [0.29, 0.717) is 5.56 Å². The minimum atomic E-state index is 0. The number of rotatable bonds is 2. The molecule has 0 amide bonds. The van der Waals surface area contributed by atoms with Gasteiger partial charge in [0.25, 0.3) is 0 Å². The standard InChI is InChI=1S/C14H15Br2N5.ClH/c1-2-21-11-5-10(15)12(16)9(6-17)13(11)19-14(21)20-4-3-8(18)7-20;/h5,8H,2-4,7,18H2,1H3;1H/t8-;/m1./s1. The summed E-state index contributed by atoms with van der Waals surface area (Å²) in [6.45, 7) is 4.61. The van der Waals surface area contributed by atoms with E-state index < -0.39 is 0 Å². The minimum Gasteiger partial charge on any atom is -0.341 e. The molecule has 8 heteroatoms. The van der Waals surface area contributed by atoms with Crippen LogP contribution < -0.4 is 10.6 Å². The average Bonchev–Trinajstić information content (AvgIpc) is 3.03. The second-order valence-electron chi connectivity index (χ2n) is 5.18. The Morgan fingerprint density at radius 2 is 2.23 bits per heavy atom. The average molecular weight is 450 g/mol. The highest BCUT2D eigenvalue weighted by Crippen LogP contribution is 2.35. The van der Waals surface area contributed by atoms with Gasteiger partial charge in [0, 0.05) is 30.1 Å². The summed E-state index contributed by atoms with van der Waals surface area (Å²) >= 11 is 6.96. The van der Waals surface area contributed by atoms with Crippen molar-refractivity contribution >= 4 is 61.2 Å². The molecular weight excluding hydrogens is 433 g/mol. The number of anilines is 1. The van der Waals surface area contributed by atoms with Crippen LogP contribution in [0.25, 0.3) is 11.0 Å². The van der Waals surface area contributed by atoms with E-state index >= 15 is 0 Å². The van der Waals surface area contributed by atoms with Crippen molar-refractivity contribution in [2.45, 2.75) is 25.9 Å². The van der Waals surface area contributed by atoms with Crippen LogP contribution in [0.1, 0.15) is 18.9 Å². The number of halogens is 3. The maximum absolute atomic E-state index is 9.44. The smallest absolute Gasteiger partial charge is 0.206 e. The van der Waals surface area contributed by atoms with Gasteiger partial charge >= 0.3 is 0 Å². The lowest BCUT2D eigenvalue weighted by atomic mass is 10.2. The molecule has 1 saturated heterocycles. The summed E-state index contributed by atoms with van der Waals surface area (Å²) in [6, 6.07) is 4.46. The zero-order valence-corrected chi connectivity index (χ0v) is 16.0. The molecule has 1 atom stereocenters. The van der Waals surface area contributed by atoms with E-state index in [9.17, 15) is 5.26 Å². The molecule has 0 bridgehead atoms. The van der Waals surface area contributed by atoms with Crippen molar-refractivity contribution in [3.05, 3.63) is 20.6 Å². The van der Waals surface area contributed by atoms with Gasteiger partial charge in [0.2, 0.25) is 5.95 Å². The second kappa shape index (κ2) is 6.75. The lowest BCUT2D eigenvalue weighted by Gasteiger charge is -2.18. The molecule has 0 unspecified atom stereocenters. The fourth-order valence-corrected chi connectivity index (χ4v) is 3.62. The van der Waals surface area contributed by atoms with Crippen molar-refractivity contribution in [1.29, 1.82) is 5.26 Å². The predicted octanol–water partition coefficient (Wildman–Crippen LogP) is 3.41. The number of hydrogen-bond donors (Lipinski definition) is 1. The van der Waals surface area contributed by atoms with Crippen molar-refractivity contribution in [3.8, 4) is 6.07 Å². The number of nitrogens with two attached hydrogens (primary N) is 1. The Bertz CT molecular complexity index is 752. The first-order valence-corrected chi connectivity index (χ1v) is 8.44. The van der Waals surface area contributed by atoms with Crippen molar-refractivity contribution in [2.24, 2.45) is 5.73 Å². The summed E-state index contributed by atoms with van der Waals surface area (Å²) in [5.74, 6) is 0.905. The highest BCUT2D eigenvalue weighted by molar-refractivity contribution is 9.13. The van der Waals surface area contributed by atoms with E-state index in [1.807, 2.05) is 6.07 Å². The molecule has 0 spiro atoms. The molecule has 2 aromatic rings. The number of hydrogen-bond acceptors (Lipinski definition) is 4. The molecule has 2 N–H and O–H groups in total. The van der Waals surface area contributed by atoms with Gasteiger partial charge in [0.05, 0.1) is 15.6 Å². The Morgan fingerprint density at radius 1 is 1.50 bits per heavy atom. The topological polar surface area (TPSA) is 70.9 Å².